The van der Waals surface area contributed by atoms with Crippen molar-refractivity contribution in [3.05, 3.63) is 53.1 Å². The Morgan fingerprint density at radius 3 is 2.62 bits per heavy atom. The Morgan fingerprint density at radius 1 is 1.24 bits per heavy atom. The third kappa shape index (κ3) is 3.71. The van der Waals surface area contributed by atoms with Gasteiger partial charge in [0.25, 0.3) is 5.91 Å². The number of hydrogen-bond donors (Lipinski definition) is 2. The van der Waals surface area contributed by atoms with Gasteiger partial charge < -0.3 is 5.11 Å². The van der Waals surface area contributed by atoms with Crippen molar-refractivity contribution >= 4 is 17.5 Å². The summed E-state index contributed by atoms with van der Waals surface area (Å²) in [6.07, 6.45) is 0. The minimum absolute atomic E-state index is 0.0415. The van der Waals surface area contributed by atoms with Crippen LogP contribution in [0.2, 0.25) is 5.02 Å². The molecule has 0 atom stereocenters. The number of aromatic hydroxyl groups is 1. The smallest absolute Gasteiger partial charge is 0.278 e. The summed E-state index contributed by atoms with van der Waals surface area (Å²) in [6.45, 7) is -0.990. The van der Waals surface area contributed by atoms with Crippen LogP contribution in [0.4, 0.5) is 4.39 Å². The van der Waals surface area contributed by atoms with E-state index in [0.29, 0.717) is 5.56 Å². The second kappa shape index (κ2) is 7.06. The van der Waals surface area contributed by atoms with Crippen LogP contribution in [0, 0.1) is 0 Å². The van der Waals surface area contributed by atoms with Gasteiger partial charge in [0.15, 0.2) is 0 Å². The molecule has 2 N–H and O–H groups in total. The van der Waals surface area contributed by atoms with Crippen molar-refractivity contribution in [1.29, 1.82) is 0 Å². The molecule has 2 rings (SSSR count). The number of amides is 1. The lowest BCUT2D eigenvalue weighted by Gasteiger charge is -2.10. The average molecular weight is 310 g/mol. The normalized spacial score (nSPS) is 10.4. The molecule has 2 aromatic carbocycles. The van der Waals surface area contributed by atoms with Gasteiger partial charge in [-0.3, -0.25) is 9.63 Å². The van der Waals surface area contributed by atoms with Gasteiger partial charge in [-0.25, -0.2) is 9.87 Å². The van der Waals surface area contributed by atoms with Crippen molar-refractivity contribution in [1.82, 2.24) is 5.48 Å². The van der Waals surface area contributed by atoms with Crippen LogP contribution >= 0.6 is 11.6 Å². The number of phenols is 1. The van der Waals surface area contributed by atoms with Crippen molar-refractivity contribution in [3.63, 3.8) is 0 Å². The third-order valence-electron chi connectivity index (χ3n) is 2.76. The molecular formula is C15H13ClFNO3. The third-order valence-corrected chi connectivity index (χ3v) is 3.05. The highest BCUT2D eigenvalue weighted by atomic mass is 35.5. The first-order valence-corrected chi connectivity index (χ1v) is 6.57. The van der Waals surface area contributed by atoms with E-state index in [9.17, 15) is 14.3 Å². The van der Waals surface area contributed by atoms with E-state index in [4.69, 9.17) is 11.6 Å². The van der Waals surface area contributed by atoms with Crippen LogP contribution in [0.25, 0.3) is 11.1 Å². The molecule has 0 aliphatic rings. The van der Waals surface area contributed by atoms with E-state index in [0.717, 1.165) is 5.56 Å². The number of rotatable bonds is 5. The predicted molar refractivity (Wildman–Crippen MR) is 77.9 cm³/mol. The first-order valence-electron chi connectivity index (χ1n) is 6.19. The maximum atomic E-state index is 11.9. The quantitative estimate of drug-likeness (QED) is 0.658. The first-order chi connectivity index (χ1) is 10.1. The molecule has 0 radical (unpaired) electrons. The summed E-state index contributed by atoms with van der Waals surface area (Å²) in [6, 6.07) is 12.3. The fourth-order valence-electron chi connectivity index (χ4n) is 1.78. The number of nitrogens with one attached hydrogen (secondary N) is 1. The molecule has 110 valence electrons. The van der Waals surface area contributed by atoms with Gasteiger partial charge in [-0.15, -0.1) is 0 Å². The number of halogens is 2. The summed E-state index contributed by atoms with van der Waals surface area (Å²) in [5.74, 6) is -1.04. The Balaban J connectivity index is 2.33. The van der Waals surface area contributed by atoms with Crippen molar-refractivity contribution in [2.24, 2.45) is 0 Å². The summed E-state index contributed by atoms with van der Waals surface area (Å²) in [5.41, 5.74) is 3.53. The Bertz CT molecular complexity index is 634. The summed E-state index contributed by atoms with van der Waals surface area (Å²) in [5, 5.41) is 9.92. The van der Waals surface area contributed by atoms with E-state index in [1.807, 2.05) is 35.8 Å². The van der Waals surface area contributed by atoms with Crippen molar-refractivity contribution < 1.29 is 19.1 Å². The Hall–Kier alpha value is -2.11. The van der Waals surface area contributed by atoms with E-state index in [1.54, 1.807) is 6.07 Å². The zero-order valence-corrected chi connectivity index (χ0v) is 11.7. The van der Waals surface area contributed by atoms with E-state index in [-0.39, 0.29) is 22.9 Å². The monoisotopic (exact) mass is 309 g/mol. The fraction of sp³-hybridized carbons (Fsp3) is 0.133. The number of carbonyl (C=O) groups is 1. The maximum absolute atomic E-state index is 11.9. The highest BCUT2D eigenvalue weighted by Crippen LogP contribution is 2.33. The minimum Gasteiger partial charge on any atom is -0.506 e. The number of alkyl halides is 1. The summed E-state index contributed by atoms with van der Waals surface area (Å²) >= 11 is 5.94. The zero-order chi connectivity index (χ0) is 15.2. The van der Waals surface area contributed by atoms with Crippen LogP contribution in [-0.4, -0.2) is 24.3 Å². The molecule has 0 fully saturated rings. The van der Waals surface area contributed by atoms with Gasteiger partial charge in [0.2, 0.25) is 0 Å². The molecule has 1 amide bonds. The molecule has 4 nitrogen and oxygen atoms in total. The predicted octanol–water partition coefficient (Wildman–Crippen LogP) is 3.34. The van der Waals surface area contributed by atoms with Crippen molar-refractivity contribution in [2.75, 3.05) is 13.3 Å². The number of benzene rings is 2. The molecule has 2 aromatic rings. The molecule has 0 saturated carbocycles. The van der Waals surface area contributed by atoms with Crippen molar-refractivity contribution in [3.8, 4) is 16.9 Å². The second-order valence-corrected chi connectivity index (χ2v) is 4.60. The van der Waals surface area contributed by atoms with Gasteiger partial charge in [-0.1, -0.05) is 41.9 Å². The lowest BCUT2D eigenvalue weighted by Crippen LogP contribution is -2.24. The molecule has 0 aromatic heterocycles. The Kier molecular flexibility index (Phi) is 5.14. The van der Waals surface area contributed by atoms with Crippen LogP contribution in [-0.2, 0) is 4.84 Å². The highest BCUT2D eigenvalue weighted by Gasteiger charge is 2.16. The molecule has 21 heavy (non-hydrogen) atoms. The number of hydrogen-bond acceptors (Lipinski definition) is 3. The van der Waals surface area contributed by atoms with Crippen LogP contribution < -0.4 is 5.48 Å². The Labute approximate surface area is 126 Å². The molecule has 0 aliphatic heterocycles. The SMILES string of the molecule is O=C(NOCCF)c1cc(-c2ccccc2)cc(Cl)c1O. The molecule has 0 spiro atoms. The lowest BCUT2D eigenvalue weighted by molar-refractivity contribution is 0.0262. The molecule has 0 heterocycles. The van der Waals surface area contributed by atoms with Gasteiger partial charge in [-0.2, -0.15) is 0 Å². The maximum Gasteiger partial charge on any atom is 0.278 e. The second-order valence-electron chi connectivity index (χ2n) is 4.19. The van der Waals surface area contributed by atoms with Crippen LogP contribution in [0.1, 0.15) is 10.4 Å². The van der Waals surface area contributed by atoms with E-state index in [2.05, 4.69) is 4.84 Å². The van der Waals surface area contributed by atoms with Crippen LogP contribution in [0.15, 0.2) is 42.5 Å². The molecule has 0 bridgehead atoms. The van der Waals surface area contributed by atoms with Gasteiger partial charge >= 0.3 is 0 Å². The number of hydroxylamine groups is 1. The van der Waals surface area contributed by atoms with Gasteiger partial charge in [0.05, 0.1) is 10.6 Å². The van der Waals surface area contributed by atoms with Crippen molar-refractivity contribution in [2.45, 2.75) is 0 Å². The van der Waals surface area contributed by atoms with Gasteiger partial charge in [0, 0.05) is 0 Å². The standard InChI is InChI=1S/C15H13ClFNO3/c16-13-9-11(10-4-2-1-3-5-10)8-12(14(13)19)15(20)18-21-7-6-17/h1-5,8-9,19H,6-7H2,(H,18,20). The summed E-state index contributed by atoms with van der Waals surface area (Å²) < 4.78 is 11.9. The molecule has 0 saturated heterocycles. The highest BCUT2D eigenvalue weighted by molar-refractivity contribution is 6.33. The van der Waals surface area contributed by atoms with Gasteiger partial charge in [0.1, 0.15) is 19.0 Å². The van der Waals surface area contributed by atoms with E-state index < -0.39 is 12.6 Å². The minimum atomic E-state index is -0.725. The fourth-order valence-corrected chi connectivity index (χ4v) is 2.00. The van der Waals surface area contributed by atoms with Crippen LogP contribution in [0.3, 0.4) is 0 Å². The number of carbonyl (C=O) groups excluding carboxylic acids is 1. The largest absolute Gasteiger partial charge is 0.506 e. The average Bonchev–Trinajstić information content (AvgIpc) is 2.51. The van der Waals surface area contributed by atoms with E-state index in [1.165, 1.54) is 6.07 Å². The molecule has 6 heteroatoms. The Morgan fingerprint density at radius 2 is 1.95 bits per heavy atom. The molecular weight excluding hydrogens is 297 g/mol. The molecule has 0 unspecified atom stereocenters. The summed E-state index contributed by atoms with van der Waals surface area (Å²) in [4.78, 5) is 16.5. The topological polar surface area (TPSA) is 58.6 Å². The van der Waals surface area contributed by atoms with E-state index >= 15 is 0 Å². The summed E-state index contributed by atoms with van der Waals surface area (Å²) in [7, 11) is 0. The first kappa shape index (κ1) is 15.3. The lowest BCUT2D eigenvalue weighted by atomic mass is 10.0. The zero-order valence-electron chi connectivity index (χ0n) is 11.0. The van der Waals surface area contributed by atoms with Gasteiger partial charge in [-0.05, 0) is 23.3 Å². The van der Waals surface area contributed by atoms with Crippen LogP contribution in [0.5, 0.6) is 5.75 Å². The number of phenolic OH excluding ortho intramolecular Hbond substituents is 1. The molecule has 0 aliphatic carbocycles.